The Hall–Kier alpha value is -3.80. The number of carbonyl (C=O) groups excluding carboxylic acids is 2. The molecule has 0 aliphatic carbocycles. The molecule has 1 amide bonds. The molecule has 166 valence electrons. The minimum absolute atomic E-state index is 0.167. The highest BCUT2D eigenvalue weighted by atomic mass is 16.5. The van der Waals surface area contributed by atoms with Gasteiger partial charge in [0, 0.05) is 13.1 Å². The number of hydrogen-bond donors (Lipinski definition) is 3. The molecule has 31 heavy (non-hydrogen) atoms. The van der Waals surface area contributed by atoms with Gasteiger partial charge in [0.1, 0.15) is 0 Å². The van der Waals surface area contributed by atoms with Crippen LogP contribution in [0.5, 0.6) is 0 Å². The zero-order chi connectivity index (χ0) is 23.0. The molecule has 3 rings (SSSR count). The fraction of sp³-hybridized carbons (Fsp3) is 0.368. The predicted molar refractivity (Wildman–Crippen MR) is 105 cm³/mol. The number of nitrogens with one attached hydrogen (secondary N) is 1. The maximum atomic E-state index is 12.2. The summed E-state index contributed by atoms with van der Waals surface area (Å²) in [4.78, 5) is 48.6. The van der Waals surface area contributed by atoms with E-state index in [4.69, 9.17) is 29.1 Å². The van der Waals surface area contributed by atoms with Gasteiger partial charge in [-0.05, 0) is 26.0 Å². The van der Waals surface area contributed by atoms with E-state index in [0.29, 0.717) is 36.1 Å². The Morgan fingerprint density at radius 2 is 1.84 bits per heavy atom. The number of nitrogens with zero attached hydrogens (tertiary/aromatic N) is 3. The van der Waals surface area contributed by atoms with Crippen LogP contribution >= 0.6 is 0 Å². The molecule has 0 radical (unpaired) electrons. The first kappa shape index (κ1) is 23.5. The average molecular weight is 434 g/mol. The molecule has 1 aromatic carbocycles. The Morgan fingerprint density at radius 1 is 1.19 bits per heavy atom. The van der Waals surface area contributed by atoms with E-state index in [2.05, 4.69) is 15.5 Å². The number of rotatable bonds is 6. The third-order valence-electron chi connectivity index (χ3n) is 4.10. The fourth-order valence-corrected chi connectivity index (χ4v) is 2.71. The van der Waals surface area contributed by atoms with Crippen LogP contribution in [0.1, 0.15) is 34.9 Å². The van der Waals surface area contributed by atoms with Crippen molar-refractivity contribution in [2.75, 3.05) is 31.6 Å². The van der Waals surface area contributed by atoms with Crippen LogP contribution in [0.4, 0.5) is 5.69 Å². The standard InChI is InChI=1S/C17H20N4O4.C2H2O4/c1-3-24-17(23)13-6-4-5-7-14(13)19-15(22)10-21-8-12(9-21)16-18-11(2)20-25-16;3-1(4)2(5)6/h4-7,12H,3,8-10H2,1-2H3,(H,19,22);(H,3,4)(H,5,6). The van der Waals surface area contributed by atoms with Crippen LogP contribution in [0.3, 0.4) is 0 Å². The number of amides is 1. The SMILES string of the molecule is CCOC(=O)c1ccccc1NC(=O)CN1CC(c2nc(C)no2)C1.O=C(O)C(=O)O. The van der Waals surface area contributed by atoms with Gasteiger partial charge >= 0.3 is 17.9 Å². The zero-order valence-corrected chi connectivity index (χ0v) is 16.9. The number of para-hydroxylation sites is 1. The minimum Gasteiger partial charge on any atom is -0.473 e. The summed E-state index contributed by atoms with van der Waals surface area (Å²) in [5, 5.41) is 21.3. The van der Waals surface area contributed by atoms with Crippen LogP contribution in [0, 0.1) is 6.92 Å². The Kier molecular flexibility index (Phi) is 8.20. The van der Waals surface area contributed by atoms with Gasteiger partial charge in [-0.1, -0.05) is 17.3 Å². The average Bonchev–Trinajstić information content (AvgIpc) is 3.11. The van der Waals surface area contributed by atoms with E-state index in [1.165, 1.54) is 0 Å². The molecule has 1 saturated heterocycles. The number of likely N-dealkylation sites (tertiary alicyclic amines) is 1. The van der Waals surface area contributed by atoms with Crippen LogP contribution in [0.15, 0.2) is 28.8 Å². The maximum Gasteiger partial charge on any atom is 0.414 e. The van der Waals surface area contributed by atoms with E-state index in [1.807, 2.05) is 4.90 Å². The highest BCUT2D eigenvalue weighted by Gasteiger charge is 2.33. The lowest BCUT2D eigenvalue weighted by Crippen LogP contribution is -2.48. The number of aryl methyl sites for hydroxylation is 1. The zero-order valence-electron chi connectivity index (χ0n) is 16.9. The molecule has 1 aromatic heterocycles. The smallest absolute Gasteiger partial charge is 0.414 e. The second kappa shape index (κ2) is 10.8. The minimum atomic E-state index is -1.82. The highest BCUT2D eigenvalue weighted by Crippen LogP contribution is 2.25. The first-order chi connectivity index (χ1) is 14.7. The van der Waals surface area contributed by atoms with E-state index in [9.17, 15) is 9.59 Å². The van der Waals surface area contributed by atoms with Crippen molar-refractivity contribution in [3.05, 3.63) is 41.5 Å². The number of ether oxygens (including phenoxy) is 1. The Labute approximate surface area is 176 Å². The van der Waals surface area contributed by atoms with Gasteiger partial charge in [-0.2, -0.15) is 4.98 Å². The molecular formula is C19H22N4O8. The van der Waals surface area contributed by atoms with Crippen molar-refractivity contribution >= 4 is 29.5 Å². The fourth-order valence-electron chi connectivity index (χ4n) is 2.71. The third-order valence-corrected chi connectivity index (χ3v) is 4.10. The van der Waals surface area contributed by atoms with Gasteiger partial charge < -0.3 is 24.8 Å². The molecule has 12 heteroatoms. The highest BCUT2D eigenvalue weighted by molar-refractivity contribution is 6.27. The van der Waals surface area contributed by atoms with Crippen molar-refractivity contribution in [1.29, 1.82) is 0 Å². The largest absolute Gasteiger partial charge is 0.473 e. The first-order valence-electron chi connectivity index (χ1n) is 9.26. The molecule has 1 aliphatic heterocycles. The van der Waals surface area contributed by atoms with Crippen molar-refractivity contribution in [3.8, 4) is 0 Å². The van der Waals surface area contributed by atoms with Crippen molar-refractivity contribution in [1.82, 2.24) is 15.0 Å². The topological polar surface area (TPSA) is 172 Å². The summed E-state index contributed by atoms with van der Waals surface area (Å²) in [6.07, 6.45) is 0. The van der Waals surface area contributed by atoms with Gasteiger partial charge in [-0.3, -0.25) is 9.69 Å². The summed E-state index contributed by atoms with van der Waals surface area (Å²) in [6.45, 7) is 5.41. The van der Waals surface area contributed by atoms with Gasteiger partial charge in [-0.25, -0.2) is 14.4 Å². The molecular weight excluding hydrogens is 412 g/mol. The van der Waals surface area contributed by atoms with Gasteiger partial charge in [0.05, 0.1) is 30.3 Å². The number of aliphatic carboxylic acids is 2. The maximum absolute atomic E-state index is 12.2. The Morgan fingerprint density at radius 3 is 2.39 bits per heavy atom. The molecule has 0 spiro atoms. The first-order valence-corrected chi connectivity index (χ1v) is 9.26. The molecule has 2 heterocycles. The van der Waals surface area contributed by atoms with Crippen molar-refractivity contribution < 1.29 is 38.7 Å². The Balaban J connectivity index is 0.000000501. The molecule has 0 atom stereocenters. The van der Waals surface area contributed by atoms with Crippen LogP contribution in [0.25, 0.3) is 0 Å². The predicted octanol–water partition coefficient (Wildman–Crippen LogP) is 0.748. The number of carboxylic acids is 2. The van der Waals surface area contributed by atoms with Crippen LogP contribution < -0.4 is 5.32 Å². The van der Waals surface area contributed by atoms with Gasteiger partial charge in [0.25, 0.3) is 0 Å². The molecule has 3 N–H and O–H groups in total. The van der Waals surface area contributed by atoms with Crippen LogP contribution in [-0.2, 0) is 19.1 Å². The number of carbonyl (C=O) groups is 4. The lowest BCUT2D eigenvalue weighted by atomic mass is 10.0. The second-order valence-electron chi connectivity index (χ2n) is 6.50. The molecule has 1 aliphatic rings. The third kappa shape index (κ3) is 6.89. The van der Waals surface area contributed by atoms with E-state index in [1.54, 1.807) is 38.1 Å². The number of benzene rings is 1. The molecule has 2 aromatic rings. The number of esters is 1. The van der Waals surface area contributed by atoms with E-state index < -0.39 is 17.9 Å². The van der Waals surface area contributed by atoms with Gasteiger partial charge in [-0.15, -0.1) is 0 Å². The van der Waals surface area contributed by atoms with Crippen molar-refractivity contribution in [2.24, 2.45) is 0 Å². The lowest BCUT2D eigenvalue weighted by molar-refractivity contribution is -0.159. The molecule has 0 unspecified atom stereocenters. The van der Waals surface area contributed by atoms with Gasteiger partial charge in [0.15, 0.2) is 5.82 Å². The van der Waals surface area contributed by atoms with Crippen molar-refractivity contribution in [2.45, 2.75) is 19.8 Å². The second-order valence-corrected chi connectivity index (χ2v) is 6.50. The summed E-state index contributed by atoms with van der Waals surface area (Å²) in [7, 11) is 0. The molecule has 12 nitrogen and oxygen atoms in total. The van der Waals surface area contributed by atoms with Crippen LogP contribution in [0.2, 0.25) is 0 Å². The molecule has 1 fully saturated rings. The summed E-state index contributed by atoms with van der Waals surface area (Å²) in [5.41, 5.74) is 0.802. The van der Waals surface area contributed by atoms with E-state index in [-0.39, 0.29) is 25.0 Å². The molecule has 0 saturated carbocycles. The van der Waals surface area contributed by atoms with Gasteiger partial charge in [0.2, 0.25) is 11.8 Å². The summed E-state index contributed by atoms with van der Waals surface area (Å²) >= 11 is 0. The quantitative estimate of drug-likeness (QED) is 0.432. The Bertz CT molecular complexity index is 940. The van der Waals surface area contributed by atoms with E-state index in [0.717, 1.165) is 0 Å². The summed E-state index contributed by atoms with van der Waals surface area (Å²) in [5.74, 6) is -2.89. The summed E-state index contributed by atoms with van der Waals surface area (Å²) < 4.78 is 10.1. The monoisotopic (exact) mass is 434 g/mol. The number of anilines is 1. The number of carboxylic acid groups (broad SMARTS) is 2. The summed E-state index contributed by atoms with van der Waals surface area (Å²) in [6, 6.07) is 6.81. The number of aromatic nitrogens is 2. The van der Waals surface area contributed by atoms with Crippen molar-refractivity contribution in [3.63, 3.8) is 0 Å². The lowest BCUT2D eigenvalue weighted by Gasteiger charge is -2.36. The normalized spacial score (nSPS) is 13.4. The van der Waals surface area contributed by atoms with E-state index >= 15 is 0 Å². The molecule has 0 bridgehead atoms. The van der Waals surface area contributed by atoms with Crippen LogP contribution in [-0.4, -0.2) is 75.3 Å². The number of hydrogen-bond acceptors (Lipinski definition) is 9.